The predicted molar refractivity (Wildman–Crippen MR) is 285 cm³/mol. The number of nitrogens with zero attached hydrogens (tertiary/aromatic N) is 5. The fourth-order valence-corrected chi connectivity index (χ4v) is 9.82. The SMILES string of the molecule is NC(N)=NCCC[C@H](NC(=O)[C@H](Cc1ccccc1)NC(=O)[C@@H]1CCCN1C(=O)[C@H](CO)NC(=O)[C@H](Cc1ccc(Br)cc1)NC(=O)CNC(=O)[C@@H]1CCCN1C(=O)[C@@H]1CCCN1C(=O)[C@@H](N)CCCN=C(N)N)C(=O)O. The van der Waals surface area contributed by atoms with E-state index in [0.29, 0.717) is 69.2 Å². The zero-order valence-corrected chi connectivity index (χ0v) is 44.4. The summed E-state index contributed by atoms with van der Waals surface area (Å²) in [7, 11) is 0. The van der Waals surface area contributed by atoms with Crippen molar-refractivity contribution in [1.29, 1.82) is 0 Å². The van der Waals surface area contributed by atoms with Gasteiger partial charge in [0.2, 0.25) is 47.3 Å². The molecule has 27 heteroatoms. The number of guanidine groups is 2. The first-order chi connectivity index (χ1) is 36.8. The number of hydrogen-bond acceptors (Lipinski definition) is 13. The maximum Gasteiger partial charge on any atom is 0.326 e. The normalized spacial score (nSPS) is 18.9. The summed E-state index contributed by atoms with van der Waals surface area (Å²) in [4.78, 5) is 135. The second-order valence-electron chi connectivity index (χ2n) is 19.1. The molecule has 8 atom stereocenters. The molecule has 26 nitrogen and oxygen atoms in total. The number of aliphatic hydroxyl groups excluding tert-OH is 1. The third-order valence-corrected chi connectivity index (χ3v) is 14.0. The molecule has 8 amide bonds. The third kappa shape index (κ3) is 18.1. The minimum Gasteiger partial charge on any atom is -0.480 e. The molecule has 0 radical (unpaired) electrons. The number of hydrogen-bond donors (Lipinski definition) is 12. The Hall–Kier alpha value is -7.39. The molecule has 0 unspecified atom stereocenters. The second-order valence-corrected chi connectivity index (χ2v) is 20.1. The van der Waals surface area contributed by atoms with Gasteiger partial charge in [-0.2, -0.15) is 0 Å². The summed E-state index contributed by atoms with van der Waals surface area (Å²) >= 11 is 3.38. The van der Waals surface area contributed by atoms with Gasteiger partial charge in [-0.25, -0.2) is 4.79 Å². The Morgan fingerprint density at radius 1 is 0.610 bits per heavy atom. The maximum atomic E-state index is 14.2. The molecule has 2 aromatic rings. The monoisotopic (exact) mass is 1140 g/mol. The zero-order chi connectivity index (χ0) is 56.2. The molecular weight excluding hydrogens is 1070 g/mol. The van der Waals surface area contributed by atoms with Gasteiger partial charge in [0.1, 0.15) is 42.3 Å². The van der Waals surface area contributed by atoms with Crippen LogP contribution in [-0.4, -0.2) is 184 Å². The lowest BCUT2D eigenvalue weighted by molar-refractivity contribution is -0.147. The number of nitrogens with one attached hydrogen (secondary N) is 5. The highest BCUT2D eigenvalue weighted by molar-refractivity contribution is 9.10. The number of carboxylic acids is 1. The van der Waals surface area contributed by atoms with Crippen LogP contribution in [0.15, 0.2) is 69.1 Å². The summed E-state index contributed by atoms with van der Waals surface area (Å²) in [6.07, 6.45) is 3.07. The van der Waals surface area contributed by atoms with E-state index < -0.39 is 115 Å². The number of benzene rings is 2. The van der Waals surface area contributed by atoms with Gasteiger partial charge < -0.3 is 80.2 Å². The van der Waals surface area contributed by atoms with Crippen LogP contribution in [0.1, 0.15) is 75.3 Å². The van der Waals surface area contributed by atoms with E-state index in [1.807, 2.05) is 0 Å². The average Bonchev–Trinajstić information content (AvgIpc) is 4.22. The van der Waals surface area contributed by atoms with E-state index in [4.69, 9.17) is 28.7 Å². The van der Waals surface area contributed by atoms with Crippen LogP contribution in [0.3, 0.4) is 0 Å². The van der Waals surface area contributed by atoms with Crippen molar-refractivity contribution in [3.63, 3.8) is 0 Å². The van der Waals surface area contributed by atoms with Crippen LogP contribution in [0.2, 0.25) is 0 Å². The van der Waals surface area contributed by atoms with E-state index >= 15 is 0 Å². The van der Waals surface area contributed by atoms with E-state index in [2.05, 4.69) is 52.5 Å². The van der Waals surface area contributed by atoms with Gasteiger partial charge >= 0.3 is 5.97 Å². The summed E-state index contributed by atoms with van der Waals surface area (Å²) in [6.45, 7) is -0.472. The number of aliphatic imine (C=N–C) groups is 2. The molecule has 5 rings (SSSR count). The Balaban J connectivity index is 1.22. The molecular formula is C50H72BrN15O11. The molecule has 0 spiro atoms. The van der Waals surface area contributed by atoms with Crippen LogP contribution in [0, 0.1) is 0 Å². The van der Waals surface area contributed by atoms with Crippen molar-refractivity contribution in [2.75, 3.05) is 45.9 Å². The average molecular weight is 1140 g/mol. The highest BCUT2D eigenvalue weighted by atomic mass is 79.9. The number of amides is 8. The van der Waals surface area contributed by atoms with Gasteiger partial charge in [-0.1, -0.05) is 58.4 Å². The number of aliphatic hydroxyl groups is 1. The quantitative estimate of drug-likeness (QED) is 0.0238. The number of likely N-dealkylation sites (tertiary alicyclic amines) is 3. The van der Waals surface area contributed by atoms with Gasteiger partial charge in [0.05, 0.1) is 19.2 Å². The van der Waals surface area contributed by atoms with Crippen molar-refractivity contribution in [3.8, 4) is 0 Å². The molecule has 0 aliphatic carbocycles. The lowest BCUT2D eigenvalue weighted by atomic mass is 10.0. The lowest BCUT2D eigenvalue weighted by Gasteiger charge is -2.32. The van der Waals surface area contributed by atoms with Gasteiger partial charge in [0.25, 0.3) is 0 Å². The molecule has 420 valence electrons. The molecule has 3 saturated heterocycles. The molecule has 3 aliphatic rings. The fraction of sp³-hybridized carbons (Fsp3) is 0.540. The third-order valence-electron chi connectivity index (χ3n) is 13.5. The summed E-state index contributed by atoms with van der Waals surface area (Å²) < 4.78 is 0.739. The van der Waals surface area contributed by atoms with Crippen molar-refractivity contribution in [2.45, 2.75) is 125 Å². The van der Waals surface area contributed by atoms with Gasteiger partial charge in [-0.3, -0.25) is 48.3 Å². The topological polar surface area (TPSA) is 419 Å². The first kappa shape index (κ1) is 60.5. The van der Waals surface area contributed by atoms with Crippen molar-refractivity contribution in [3.05, 3.63) is 70.2 Å². The van der Waals surface area contributed by atoms with Crippen LogP contribution < -0.4 is 55.3 Å². The van der Waals surface area contributed by atoms with Crippen LogP contribution in [0.5, 0.6) is 0 Å². The molecule has 17 N–H and O–H groups in total. The molecule has 3 aliphatic heterocycles. The van der Waals surface area contributed by atoms with Crippen molar-refractivity contribution < 1.29 is 53.4 Å². The van der Waals surface area contributed by atoms with Crippen LogP contribution >= 0.6 is 15.9 Å². The minimum absolute atomic E-state index is 0.0231. The molecule has 77 heavy (non-hydrogen) atoms. The Bertz CT molecular complexity index is 2460. The standard InChI is InChI=1S/C50H72BrN15O11/c51-31-18-16-30(17-19-31)26-34(60-40(68)27-59-43(71)37-13-6-23-65(37)47(75)39-15-8-24-66(39)45(73)32(52)11-4-20-57-49(53)54)41(69)63-36(28-67)46(74)64-22-7-14-38(64)44(72)62-35(25-29-9-2-1-3-10-29)42(70)61-33(48(76)77)12-5-21-58-50(55)56/h1-3,9-10,16-19,32-39,67H,4-8,11-15,20-28,52H2,(H,59,71)(H,60,68)(H,61,70)(H,62,72)(H,63,69)(H,76,77)(H4,53,54,57)(H4,55,56,58)/t32-,33-,34-,35-,36-,37-,38-,39-/m0/s1. The highest BCUT2D eigenvalue weighted by Gasteiger charge is 2.44. The molecule has 3 heterocycles. The molecule has 0 saturated carbocycles. The van der Waals surface area contributed by atoms with Gasteiger partial charge in [0, 0.05) is 50.0 Å². The van der Waals surface area contributed by atoms with E-state index in [9.17, 15) is 53.4 Å². The lowest BCUT2D eigenvalue weighted by Crippen LogP contribution is -2.60. The smallest absolute Gasteiger partial charge is 0.326 e. The maximum absolute atomic E-state index is 14.2. The number of rotatable bonds is 27. The summed E-state index contributed by atoms with van der Waals surface area (Å²) in [5.74, 6) is -6.97. The fourth-order valence-electron chi connectivity index (χ4n) is 9.55. The zero-order valence-electron chi connectivity index (χ0n) is 42.8. The van der Waals surface area contributed by atoms with E-state index in [-0.39, 0.29) is 63.7 Å². The van der Waals surface area contributed by atoms with Crippen molar-refractivity contribution >= 4 is 81.1 Å². The summed E-state index contributed by atoms with van der Waals surface area (Å²) in [5, 5.41) is 33.3. The number of carboxylic acid groups (broad SMARTS) is 1. The minimum atomic E-state index is -1.60. The number of aliphatic carboxylic acids is 1. The van der Waals surface area contributed by atoms with Crippen LogP contribution in [0.4, 0.5) is 0 Å². The van der Waals surface area contributed by atoms with E-state index in [1.54, 1.807) is 54.6 Å². The summed E-state index contributed by atoms with van der Waals surface area (Å²) in [6, 6.07) is 6.16. The predicted octanol–water partition coefficient (Wildman–Crippen LogP) is -3.23. The molecule has 0 bridgehead atoms. The van der Waals surface area contributed by atoms with E-state index in [1.165, 1.54) is 14.7 Å². The van der Waals surface area contributed by atoms with Gasteiger partial charge in [0.15, 0.2) is 11.9 Å². The second kappa shape index (κ2) is 29.8. The first-order valence-corrected chi connectivity index (χ1v) is 26.4. The number of carbonyl (C=O) groups excluding carboxylic acids is 8. The molecule has 2 aromatic carbocycles. The largest absolute Gasteiger partial charge is 0.480 e. The van der Waals surface area contributed by atoms with Gasteiger partial charge in [-0.05, 0) is 87.5 Å². The molecule has 0 aromatic heterocycles. The number of nitrogens with two attached hydrogens (primary N) is 5. The summed E-state index contributed by atoms with van der Waals surface area (Å²) in [5.41, 5.74) is 28.9. The van der Waals surface area contributed by atoms with Crippen LogP contribution in [-0.2, 0) is 56.0 Å². The van der Waals surface area contributed by atoms with Crippen LogP contribution in [0.25, 0.3) is 0 Å². The Morgan fingerprint density at radius 2 is 1.12 bits per heavy atom. The molecule has 3 fully saturated rings. The number of carbonyl (C=O) groups is 9. The Morgan fingerprint density at radius 3 is 1.69 bits per heavy atom. The highest BCUT2D eigenvalue weighted by Crippen LogP contribution is 2.26. The first-order valence-electron chi connectivity index (χ1n) is 25.7. The Kier molecular flexibility index (Phi) is 23.4. The van der Waals surface area contributed by atoms with Gasteiger partial charge in [-0.15, -0.1) is 0 Å². The van der Waals surface area contributed by atoms with Crippen molar-refractivity contribution in [2.24, 2.45) is 38.7 Å². The van der Waals surface area contributed by atoms with Crippen molar-refractivity contribution in [1.82, 2.24) is 41.3 Å². The van der Waals surface area contributed by atoms with E-state index in [0.717, 1.165) is 4.47 Å². The Labute approximate surface area is 454 Å². The number of halogens is 1.